The number of halogens is 1. The molecule has 1 aromatic carbocycles. The highest BCUT2D eigenvalue weighted by atomic mass is 35.5. The van der Waals surface area contributed by atoms with E-state index >= 15 is 0 Å². The molecule has 0 bridgehead atoms. The van der Waals surface area contributed by atoms with E-state index in [4.69, 9.17) is 16.0 Å². The molecule has 0 saturated carbocycles. The Labute approximate surface area is 156 Å². The van der Waals surface area contributed by atoms with Crippen molar-refractivity contribution in [2.45, 2.75) is 32.6 Å². The maximum Gasteiger partial charge on any atom is 0.311 e. The third-order valence-electron chi connectivity index (χ3n) is 4.81. The molecule has 1 saturated heterocycles. The van der Waals surface area contributed by atoms with Crippen LogP contribution in [0, 0.1) is 5.41 Å². The van der Waals surface area contributed by atoms with E-state index in [1.54, 1.807) is 24.1 Å². The predicted molar refractivity (Wildman–Crippen MR) is 96.8 cm³/mol. The SMILES string of the molecule is CC1(C(=O)O)CCCN(C(=O)CCc2ncc(-c3ccccc3Cl)o2)C1. The van der Waals surface area contributed by atoms with Gasteiger partial charge < -0.3 is 14.4 Å². The van der Waals surface area contributed by atoms with E-state index in [1.807, 2.05) is 18.2 Å². The second kappa shape index (κ2) is 7.50. The Hall–Kier alpha value is -2.34. The number of nitrogens with zero attached hydrogens (tertiary/aromatic N) is 2. The first-order valence-electron chi connectivity index (χ1n) is 8.60. The monoisotopic (exact) mass is 376 g/mol. The Balaban J connectivity index is 1.60. The third-order valence-corrected chi connectivity index (χ3v) is 5.14. The van der Waals surface area contributed by atoms with Crippen LogP contribution in [0.25, 0.3) is 11.3 Å². The molecule has 6 nitrogen and oxygen atoms in total. The van der Waals surface area contributed by atoms with Crippen LogP contribution in [0.4, 0.5) is 0 Å². The van der Waals surface area contributed by atoms with Crippen molar-refractivity contribution in [1.29, 1.82) is 0 Å². The Morgan fingerprint density at radius 2 is 2.15 bits per heavy atom. The number of aromatic nitrogens is 1. The standard InChI is InChI=1S/C19H21ClN2O4/c1-19(18(24)25)9-4-10-22(12-19)17(23)8-7-16-21-11-15(26-16)13-5-2-3-6-14(13)20/h2-3,5-6,11H,4,7-10,12H2,1H3,(H,24,25). The molecular formula is C19H21ClN2O4. The molecule has 1 fully saturated rings. The van der Waals surface area contributed by atoms with Crippen molar-refractivity contribution in [2.75, 3.05) is 13.1 Å². The lowest BCUT2D eigenvalue weighted by molar-refractivity contribution is -0.153. The van der Waals surface area contributed by atoms with Gasteiger partial charge in [0.1, 0.15) is 0 Å². The van der Waals surface area contributed by atoms with Crippen molar-refractivity contribution in [3.8, 4) is 11.3 Å². The van der Waals surface area contributed by atoms with Crippen LogP contribution in [0.1, 0.15) is 32.1 Å². The van der Waals surface area contributed by atoms with Crippen molar-refractivity contribution in [3.05, 3.63) is 41.4 Å². The van der Waals surface area contributed by atoms with Crippen molar-refractivity contribution >= 4 is 23.5 Å². The van der Waals surface area contributed by atoms with Gasteiger partial charge in [-0.05, 0) is 31.9 Å². The molecule has 26 heavy (non-hydrogen) atoms. The summed E-state index contributed by atoms with van der Waals surface area (Å²) >= 11 is 6.15. The van der Waals surface area contributed by atoms with E-state index < -0.39 is 11.4 Å². The van der Waals surface area contributed by atoms with Crippen LogP contribution in [0.2, 0.25) is 5.02 Å². The number of hydrogen-bond donors (Lipinski definition) is 1. The third kappa shape index (κ3) is 3.90. The van der Waals surface area contributed by atoms with Gasteiger partial charge in [0.2, 0.25) is 5.91 Å². The van der Waals surface area contributed by atoms with E-state index in [1.165, 1.54) is 0 Å². The number of piperidine rings is 1. The van der Waals surface area contributed by atoms with Crippen LogP contribution < -0.4 is 0 Å². The second-order valence-electron chi connectivity index (χ2n) is 6.88. The van der Waals surface area contributed by atoms with Crippen LogP contribution in [0.3, 0.4) is 0 Å². The van der Waals surface area contributed by atoms with Crippen LogP contribution in [-0.2, 0) is 16.0 Å². The normalized spacial score (nSPS) is 20.2. The quantitative estimate of drug-likeness (QED) is 0.861. The van der Waals surface area contributed by atoms with Gasteiger partial charge in [0.15, 0.2) is 11.7 Å². The van der Waals surface area contributed by atoms with E-state index in [-0.39, 0.29) is 18.9 Å². The molecule has 1 unspecified atom stereocenters. The van der Waals surface area contributed by atoms with Crippen LogP contribution in [0.5, 0.6) is 0 Å². The lowest BCUT2D eigenvalue weighted by Crippen LogP contribution is -2.48. The molecule has 1 N–H and O–H groups in total. The van der Waals surface area contributed by atoms with Gasteiger partial charge in [-0.25, -0.2) is 4.98 Å². The average molecular weight is 377 g/mol. The first-order chi connectivity index (χ1) is 12.4. The smallest absolute Gasteiger partial charge is 0.311 e. The first-order valence-corrected chi connectivity index (χ1v) is 8.98. The van der Waals surface area contributed by atoms with Crippen molar-refractivity contribution in [1.82, 2.24) is 9.88 Å². The van der Waals surface area contributed by atoms with Crippen molar-refractivity contribution < 1.29 is 19.1 Å². The summed E-state index contributed by atoms with van der Waals surface area (Å²) < 4.78 is 5.71. The summed E-state index contributed by atoms with van der Waals surface area (Å²) in [7, 11) is 0. The molecule has 138 valence electrons. The fourth-order valence-electron chi connectivity index (χ4n) is 3.21. The number of aryl methyl sites for hydroxylation is 1. The van der Waals surface area contributed by atoms with Gasteiger partial charge in [-0.1, -0.05) is 23.7 Å². The van der Waals surface area contributed by atoms with E-state index in [9.17, 15) is 14.7 Å². The molecule has 1 atom stereocenters. The molecule has 3 rings (SSSR count). The molecule has 7 heteroatoms. The number of oxazole rings is 1. The molecule has 0 aliphatic carbocycles. The summed E-state index contributed by atoms with van der Waals surface area (Å²) in [6.45, 7) is 2.54. The molecule has 0 radical (unpaired) electrons. The Morgan fingerprint density at radius 3 is 2.88 bits per heavy atom. The summed E-state index contributed by atoms with van der Waals surface area (Å²) in [5, 5.41) is 9.94. The summed E-state index contributed by atoms with van der Waals surface area (Å²) in [5.41, 5.74) is -0.110. The molecule has 1 aliphatic heterocycles. The Bertz CT molecular complexity index is 819. The zero-order valence-electron chi connectivity index (χ0n) is 14.6. The number of carboxylic acids is 1. The minimum absolute atomic E-state index is 0.0744. The van der Waals surface area contributed by atoms with Crippen LogP contribution in [-0.4, -0.2) is 40.0 Å². The molecular weight excluding hydrogens is 356 g/mol. The molecule has 1 aromatic heterocycles. The number of carboxylic acid groups (broad SMARTS) is 1. The number of hydrogen-bond acceptors (Lipinski definition) is 4. The highest BCUT2D eigenvalue weighted by Gasteiger charge is 2.39. The average Bonchev–Trinajstić information content (AvgIpc) is 3.08. The molecule has 2 aromatic rings. The second-order valence-corrected chi connectivity index (χ2v) is 7.29. The predicted octanol–water partition coefficient (Wildman–Crippen LogP) is 3.64. The summed E-state index contributed by atoms with van der Waals surface area (Å²) in [4.78, 5) is 29.7. The lowest BCUT2D eigenvalue weighted by atomic mass is 9.82. The number of amides is 1. The van der Waals surface area contributed by atoms with Crippen molar-refractivity contribution in [2.24, 2.45) is 5.41 Å². The van der Waals surface area contributed by atoms with Crippen LogP contribution >= 0.6 is 11.6 Å². The van der Waals surface area contributed by atoms with Gasteiger partial charge in [-0.2, -0.15) is 0 Å². The number of likely N-dealkylation sites (tertiary alicyclic amines) is 1. The number of rotatable bonds is 5. The zero-order valence-corrected chi connectivity index (χ0v) is 15.3. The highest BCUT2D eigenvalue weighted by molar-refractivity contribution is 6.33. The number of aliphatic carboxylic acids is 1. The number of carbonyl (C=O) groups is 2. The van der Waals surface area contributed by atoms with Gasteiger partial charge in [0.25, 0.3) is 0 Å². The van der Waals surface area contributed by atoms with E-state index in [0.29, 0.717) is 42.5 Å². The van der Waals surface area contributed by atoms with Gasteiger partial charge in [-0.3, -0.25) is 9.59 Å². The molecule has 2 heterocycles. The van der Waals surface area contributed by atoms with E-state index in [2.05, 4.69) is 4.98 Å². The van der Waals surface area contributed by atoms with Gasteiger partial charge in [0.05, 0.1) is 16.6 Å². The van der Waals surface area contributed by atoms with Gasteiger partial charge in [0, 0.05) is 31.5 Å². The first kappa shape index (κ1) is 18.5. The maximum atomic E-state index is 12.5. The summed E-state index contributed by atoms with van der Waals surface area (Å²) in [6, 6.07) is 7.32. The fraction of sp³-hybridized carbons (Fsp3) is 0.421. The van der Waals surface area contributed by atoms with Gasteiger partial charge >= 0.3 is 5.97 Å². The topological polar surface area (TPSA) is 83.6 Å². The lowest BCUT2D eigenvalue weighted by Gasteiger charge is -2.37. The van der Waals surface area contributed by atoms with E-state index in [0.717, 1.165) is 5.56 Å². The Morgan fingerprint density at radius 1 is 1.38 bits per heavy atom. The summed E-state index contributed by atoms with van der Waals surface area (Å²) in [6.07, 6.45) is 3.49. The minimum atomic E-state index is -0.867. The van der Waals surface area contributed by atoms with Crippen LogP contribution in [0.15, 0.2) is 34.9 Å². The number of carbonyl (C=O) groups excluding carboxylic acids is 1. The summed E-state index contributed by atoms with van der Waals surface area (Å²) in [5.74, 6) is 0.0995. The molecule has 1 amide bonds. The molecule has 0 spiro atoms. The minimum Gasteiger partial charge on any atom is -0.481 e. The fourth-order valence-corrected chi connectivity index (χ4v) is 3.44. The number of benzene rings is 1. The van der Waals surface area contributed by atoms with Crippen molar-refractivity contribution in [3.63, 3.8) is 0 Å². The maximum absolute atomic E-state index is 12.5. The zero-order chi connectivity index (χ0) is 18.7. The Kier molecular flexibility index (Phi) is 5.32. The molecule has 1 aliphatic rings. The largest absolute Gasteiger partial charge is 0.481 e. The van der Waals surface area contributed by atoms with Gasteiger partial charge in [-0.15, -0.1) is 0 Å². The highest BCUT2D eigenvalue weighted by Crippen LogP contribution is 2.31.